The van der Waals surface area contributed by atoms with Crippen molar-refractivity contribution >= 4 is 33.5 Å². The van der Waals surface area contributed by atoms with Gasteiger partial charge in [0, 0.05) is 10.0 Å². The van der Waals surface area contributed by atoms with Crippen molar-refractivity contribution in [2.75, 3.05) is 7.11 Å². The second kappa shape index (κ2) is 5.54. The Morgan fingerprint density at radius 2 is 2.31 bits per heavy atom. The molecule has 1 aromatic heterocycles. The summed E-state index contributed by atoms with van der Waals surface area (Å²) in [6.07, 6.45) is -2.72. The summed E-state index contributed by atoms with van der Waals surface area (Å²) >= 11 is 8.51. The Bertz CT molecular complexity index is 415. The van der Waals surface area contributed by atoms with E-state index in [1.54, 1.807) is 0 Å². The molecular weight excluding hydrogens is 307 g/mol. The first-order valence-electron chi connectivity index (χ1n) is 4.13. The van der Waals surface area contributed by atoms with Crippen molar-refractivity contribution in [3.8, 4) is 0 Å². The molecule has 0 aliphatic rings. The van der Waals surface area contributed by atoms with Crippen LogP contribution >= 0.6 is 27.5 Å². The van der Waals surface area contributed by atoms with Gasteiger partial charge in [0.05, 0.1) is 18.7 Å². The summed E-state index contributed by atoms with van der Waals surface area (Å²) in [4.78, 5) is 15.0. The zero-order chi connectivity index (χ0) is 12.3. The van der Waals surface area contributed by atoms with Gasteiger partial charge in [-0.15, -0.1) is 11.6 Å². The van der Waals surface area contributed by atoms with E-state index in [0.717, 1.165) is 13.2 Å². The van der Waals surface area contributed by atoms with Crippen molar-refractivity contribution in [2.45, 2.75) is 12.3 Å². The van der Waals surface area contributed by atoms with Gasteiger partial charge in [-0.1, -0.05) is 0 Å². The van der Waals surface area contributed by atoms with Crippen molar-refractivity contribution in [1.29, 1.82) is 0 Å². The lowest BCUT2D eigenvalue weighted by molar-refractivity contribution is 0.0593. The molecule has 0 unspecified atom stereocenters. The Balaban J connectivity index is 3.34. The summed E-state index contributed by atoms with van der Waals surface area (Å²) in [7, 11) is 1.15. The molecule has 0 bridgehead atoms. The van der Waals surface area contributed by atoms with E-state index >= 15 is 0 Å². The van der Waals surface area contributed by atoms with Crippen LogP contribution in [0.15, 0.2) is 10.5 Å². The number of aromatic nitrogens is 1. The second-order valence-electron chi connectivity index (χ2n) is 2.78. The quantitative estimate of drug-likeness (QED) is 0.635. The zero-order valence-corrected chi connectivity index (χ0v) is 10.5. The monoisotopic (exact) mass is 313 g/mol. The molecule has 1 heterocycles. The zero-order valence-electron chi connectivity index (χ0n) is 8.14. The molecule has 0 radical (unpaired) electrons. The largest absolute Gasteiger partial charge is 0.464 e. The highest BCUT2D eigenvalue weighted by Gasteiger charge is 2.20. The molecule has 0 saturated carbocycles. The molecule has 88 valence electrons. The van der Waals surface area contributed by atoms with Crippen molar-refractivity contribution in [3.63, 3.8) is 0 Å². The molecule has 0 amide bonds. The van der Waals surface area contributed by atoms with E-state index in [9.17, 15) is 13.6 Å². The van der Waals surface area contributed by atoms with Crippen LogP contribution in [0.25, 0.3) is 0 Å². The van der Waals surface area contributed by atoms with Crippen LogP contribution < -0.4 is 0 Å². The maximum atomic E-state index is 12.6. The average Bonchev–Trinajstić information content (AvgIpc) is 2.27. The molecule has 0 saturated heterocycles. The minimum absolute atomic E-state index is 0.0782. The number of hydrogen-bond donors (Lipinski definition) is 0. The number of hydrogen-bond acceptors (Lipinski definition) is 3. The van der Waals surface area contributed by atoms with E-state index in [0.29, 0.717) is 0 Å². The number of alkyl halides is 3. The first kappa shape index (κ1) is 13.3. The van der Waals surface area contributed by atoms with Crippen molar-refractivity contribution < 1.29 is 18.3 Å². The highest BCUT2D eigenvalue weighted by molar-refractivity contribution is 9.10. The van der Waals surface area contributed by atoms with Crippen molar-refractivity contribution in [2.24, 2.45) is 0 Å². The number of pyridine rings is 1. The molecule has 0 aliphatic carbocycles. The molecular formula is C9H7BrClF2NO2. The third kappa shape index (κ3) is 2.68. The van der Waals surface area contributed by atoms with Crippen molar-refractivity contribution in [3.05, 3.63) is 27.5 Å². The smallest absolute Gasteiger partial charge is 0.356 e. The maximum Gasteiger partial charge on any atom is 0.356 e. The third-order valence-electron chi connectivity index (χ3n) is 1.81. The standard InChI is InChI=1S/C9H7BrClF2NO2/c1-16-9(15)5-2-4(8(12)13)7(10)6(3-11)14-5/h2,8H,3H2,1H3. The summed E-state index contributed by atoms with van der Waals surface area (Å²) in [6, 6.07) is 0.983. The van der Waals surface area contributed by atoms with Gasteiger partial charge < -0.3 is 4.74 Å². The minimum Gasteiger partial charge on any atom is -0.464 e. The molecule has 0 N–H and O–H groups in total. The van der Waals surface area contributed by atoms with Crippen LogP contribution in [0.1, 0.15) is 28.2 Å². The number of nitrogens with zero attached hydrogens (tertiary/aromatic N) is 1. The Hall–Kier alpha value is -0.750. The van der Waals surface area contributed by atoms with Gasteiger partial charge >= 0.3 is 5.97 Å². The van der Waals surface area contributed by atoms with E-state index < -0.39 is 12.4 Å². The topological polar surface area (TPSA) is 39.2 Å². The van der Waals surface area contributed by atoms with Crippen LogP contribution in [-0.2, 0) is 10.6 Å². The number of halogens is 4. The normalized spacial score (nSPS) is 10.6. The fraction of sp³-hybridized carbons (Fsp3) is 0.333. The van der Waals surface area contributed by atoms with Gasteiger partial charge in [0.15, 0.2) is 0 Å². The highest BCUT2D eigenvalue weighted by atomic mass is 79.9. The van der Waals surface area contributed by atoms with Gasteiger partial charge in [-0.2, -0.15) is 0 Å². The maximum absolute atomic E-state index is 12.6. The molecule has 7 heteroatoms. The SMILES string of the molecule is COC(=O)c1cc(C(F)F)c(Br)c(CCl)n1. The Morgan fingerprint density at radius 3 is 2.75 bits per heavy atom. The number of carbonyl (C=O) groups excluding carboxylic acids is 1. The first-order valence-corrected chi connectivity index (χ1v) is 5.45. The van der Waals surface area contributed by atoms with Crippen LogP contribution in [0.3, 0.4) is 0 Å². The predicted octanol–water partition coefficient (Wildman–Crippen LogP) is 3.31. The van der Waals surface area contributed by atoms with Crippen LogP contribution in [0, 0.1) is 0 Å². The summed E-state index contributed by atoms with van der Waals surface area (Å²) < 4.78 is 29.8. The Labute approximate surface area is 104 Å². The van der Waals surface area contributed by atoms with Gasteiger partial charge in [0.25, 0.3) is 6.43 Å². The van der Waals surface area contributed by atoms with E-state index in [2.05, 4.69) is 25.7 Å². The third-order valence-corrected chi connectivity index (χ3v) is 2.98. The predicted molar refractivity (Wildman–Crippen MR) is 57.8 cm³/mol. The number of ether oxygens (including phenoxy) is 1. The van der Waals surface area contributed by atoms with Gasteiger partial charge in [0.2, 0.25) is 0 Å². The lowest BCUT2D eigenvalue weighted by Gasteiger charge is -2.09. The van der Waals surface area contributed by atoms with Crippen LogP contribution in [0.4, 0.5) is 8.78 Å². The fourth-order valence-corrected chi connectivity index (χ4v) is 1.93. The number of rotatable bonds is 3. The highest BCUT2D eigenvalue weighted by Crippen LogP contribution is 2.30. The Kier molecular flexibility index (Phi) is 4.61. The molecule has 1 aromatic rings. The summed E-state index contributed by atoms with van der Waals surface area (Å²) in [5.74, 6) is -0.855. The van der Waals surface area contributed by atoms with Crippen LogP contribution in [0.5, 0.6) is 0 Å². The molecule has 16 heavy (non-hydrogen) atoms. The van der Waals surface area contributed by atoms with Gasteiger partial charge in [0.1, 0.15) is 5.69 Å². The molecule has 0 atom stereocenters. The molecule has 3 nitrogen and oxygen atoms in total. The van der Waals surface area contributed by atoms with Crippen LogP contribution in [-0.4, -0.2) is 18.1 Å². The summed E-state index contributed by atoms with van der Waals surface area (Å²) in [6.45, 7) is 0. The second-order valence-corrected chi connectivity index (χ2v) is 3.84. The lowest BCUT2D eigenvalue weighted by atomic mass is 10.2. The number of esters is 1. The molecule has 0 aromatic carbocycles. The lowest BCUT2D eigenvalue weighted by Crippen LogP contribution is -2.08. The fourth-order valence-electron chi connectivity index (χ4n) is 1.06. The number of methoxy groups -OCH3 is 1. The van der Waals surface area contributed by atoms with E-state index in [4.69, 9.17) is 11.6 Å². The minimum atomic E-state index is -2.72. The van der Waals surface area contributed by atoms with Gasteiger partial charge in [-0.25, -0.2) is 18.6 Å². The Morgan fingerprint density at radius 1 is 1.69 bits per heavy atom. The summed E-state index contributed by atoms with van der Waals surface area (Å²) in [5, 5.41) is 0. The summed E-state index contributed by atoms with van der Waals surface area (Å²) in [5.41, 5.74) is -0.331. The molecule has 0 aliphatic heterocycles. The first-order chi connectivity index (χ1) is 7.51. The molecule has 1 rings (SSSR count). The van der Waals surface area contributed by atoms with Gasteiger partial charge in [-0.05, 0) is 22.0 Å². The molecule has 0 spiro atoms. The van der Waals surface area contributed by atoms with E-state index in [-0.39, 0.29) is 27.3 Å². The van der Waals surface area contributed by atoms with Crippen molar-refractivity contribution in [1.82, 2.24) is 4.98 Å². The number of carbonyl (C=O) groups is 1. The van der Waals surface area contributed by atoms with Crippen LogP contribution in [0.2, 0.25) is 0 Å². The van der Waals surface area contributed by atoms with E-state index in [1.165, 1.54) is 0 Å². The van der Waals surface area contributed by atoms with Gasteiger partial charge in [-0.3, -0.25) is 0 Å². The molecule has 0 fully saturated rings. The van der Waals surface area contributed by atoms with E-state index in [1.807, 2.05) is 0 Å². The average molecular weight is 315 g/mol.